The van der Waals surface area contributed by atoms with Gasteiger partial charge in [0.1, 0.15) is 5.54 Å². The van der Waals surface area contributed by atoms with E-state index >= 15 is 0 Å². The lowest BCUT2D eigenvalue weighted by atomic mass is 9.89. The Balaban J connectivity index is 2.65. The molecule has 21 heavy (non-hydrogen) atoms. The number of benzene rings is 1. The quantitative estimate of drug-likeness (QED) is 0.755. The Kier molecular flexibility index (Phi) is 7.38. The van der Waals surface area contributed by atoms with Crippen molar-refractivity contribution in [2.75, 3.05) is 40.3 Å². The fourth-order valence-corrected chi connectivity index (χ4v) is 2.33. The average Bonchev–Trinajstić information content (AvgIpc) is 2.50. The molecule has 4 nitrogen and oxygen atoms in total. The molecule has 1 aromatic carbocycles. The van der Waals surface area contributed by atoms with Crippen LogP contribution in [0.2, 0.25) is 0 Å². The van der Waals surface area contributed by atoms with Gasteiger partial charge in [-0.15, -0.1) is 0 Å². The molecular weight excluding hydrogens is 260 g/mol. The molecule has 1 atom stereocenters. The van der Waals surface area contributed by atoms with Crippen LogP contribution in [0.4, 0.5) is 0 Å². The number of nitriles is 1. The van der Waals surface area contributed by atoms with E-state index in [-0.39, 0.29) is 0 Å². The van der Waals surface area contributed by atoms with Crippen LogP contribution in [-0.2, 0) is 5.54 Å². The fourth-order valence-electron chi connectivity index (χ4n) is 2.33. The Morgan fingerprint density at radius 3 is 2.29 bits per heavy atom. The van der Waals surface area contributed by atoms with Crippen molar-refractivity contribution in [3.63, 3.8) is 0 Å². The van der Waals surface area contributed by atoms with Gasteiger partial charge in [-0.05, 0) is 39.0 Å². The number of likely N-dealkylation sites (N-methyl/N-ethyl adjacent to an activating group) is 1. The lowest BCUT2D eigenvalue weighted by molar-refractivity contribution is 0.226. The van der Waals surface area contributed by atoms with Crippen LogP contribution >= 0.6 is 0 Å². The largest absolute Gasteiger partial charge is 0.310 e. The highest BCUT2D eigenvalue weighted by Crippen LogP contribution is 2.21. The molecule has 2 N–H and O–H groups in total. The molecule has 1 unspecified atom stereocenters. The predicted molar refractivity (Wildman–Crippen MR) is 87.8 cm³/mol. The van der Waals surface area contributed by atoms with Crippen LogP contribution in [0, 0.1) is 11.3 Å². The molecule has 0 radical (unpaired) electrons. The Hall–Kier alpha value is -1.41. The van der Waals surface area contributed by atoms with Crippen molar-refractivity contribution >= 4 is 0 Å². The van der Waals surface area contributed by atoms with Gasteiger partial charge in [0.05, 0.1) is 6.07 Å². The monoisotopic (exact) mass is 288 g/mol. The maximum atomic E-state index is 9.50. The summed E-state index contributed by atoms with van der Waals surface area (Å²) in [6.45, 7) is 6.11. The number of nitrogens with zero attached hydrogens (tertiary/aromatic N) is 3. The molecule has 0 amide bonds. The molecule has 0 bridgehead atoms. The number of hydrogen-bond donors (Lipinski definition) is 1. The first-order chi connectivity index (χ1) is 10.0. The standard InChI is InChI=1S/C17H28N4/c1-4-11-21(14-13-20(2)3)12-10-17(19,15-18)16-8-6-5-7-9-16/h5-9H,4,10-14,19H2,1-3H3. The molecule has 0 aliphatic heterocycles. The minimum absolute atomic E-state index is 0.654. The normalized spacial score (nSPS) is 14.1. The molecule has 116 valence electrons. The van der Waals surface area contributed by atoms with E-state index in [1.807, 2.05) is 30.3 Å². The van der Waals surface area contributed by atoms with Gasteiger partial charge >= 0.3 is 0 Å². The molecule has 0 aromatic heterocycles. The van der Waals surface area contributed by atoms with Gasteiger partial charge in [-0.1, -0.05) is 37.3 Å². The summed E-state index contributed by atoms with van der Waals surface area (Å²) < 4.78 is 0. The molecule has 0 saturated heterocycles. The van der Waals surface area contributed by atoms with E-state index < -0.39 is 5.54 Å². The van der Waals surface area contributed by atoms with Gasteiger partial charge in [-0.25, -0.2) is 0 Å². The van der Waals surface area contributed by atoms with Crippen molar-refractivity contribution in [3.05, 3.63) is 35.9 Å². The minimum atomic E-state index is -0.897. The first-order valence-electron chi connectivity index (χ1n) is 7.64. The Morgan fingerprint density at radius 2 is 1.76 bits per heavy atom. The Morgan fingerprint density at radius 1 is 1.10 bits per heavy atom. The van der Waals surface area contributed by atoms with E-state index in [9.17, 15) is 5.26 Å². The smallest absolute Gasteiger partial charge is 0.131 e. The van der Waals surface area contributed by atoms with Gasteiger partial charge in [0.15, 0.2) is 0 Å². The van der Waals surface area contributed by atoms with Gasteiger partial charge < -0.3 is 15.5 Å². The zero-order chi connectivity index (χ0) is 15.7. The molecule has 1 aromatic rings. The second kappa shape index (κ2) is 8.78. The second-order valence-electron chi connectivity index (χ2n) is 5.84. The van der Waals surface area contributed by atoms with Gasteiger partial charge in [0.2, 0.25) is 0 Å². The predicted octanol–water partition coefficient (Wildman–Crippen LogP) is 2.03. The third kappa shape index (κ3) is 5.84. The molecule has 0 fully saturated rings. The van der Waals surface area contributed by atoms with Crippen LogP contribution < -0.4 is 5.73 Å². The van der Waals surface area contributed by atoms with E-state index in [0.29, 0.717) is 6.42 Å². The Bertz CT molecular complexity index is 438. The summed E-state index contributed by atoms with van der Waals surface area (Å²) in [5.74, 6) is 0. The van der Waals surface area contributed by atoms with Crippen LogP contribution in [0.25, 0.3) is 0 Å². The van der Waals surface area contributed by atoms with Crippen LogP contribution in [-0.4, -0.2) is 50.1 Å². The Labute approximate surface area is 129 Å². The third-order valence-corrected chi connectivity index (χ3v) is 3.71. The van der Waals surface area contributed by atoms with E-state index in [1.54, 1.807) is 0 Å². The van der Waals surface area contributed by atoms with Crippen LogP contribution in [0.15, 0.2) is 30.3 Å². The molecule has 4 heteroatoms. The van der Waals surface area contributed by atoms with Gasteiger partial charge in [0, 0.05) is 19.6 Å². The van der Waals surface area contributed by atoms with Crippen molar-refractivity contribution in [1.29, 1.82) is 5.26 Å². The fraction of sp³-hybridized carbons (Fsp3) is 0.588. The van der Waals surface area contributed by atoms with E-state index in [1.165, 1.54) is 0 Å². The summed E-state index contributed by atoms with van der Waals surface area (Å²) >= 11 is 0. The first kappa shape index (κ1) is 17.6. The summed E-state index contributed by atoms with van der Waals surface area (Å²) in [6.07, 6.45) is 1.77. The maximum absolute atomic E-state index is 9.50. The topological polar surface area (TPSA) is 56.3 Å². The van der Waals surface area contributed by atoms with Crippen molar-refractivity contribution < 1.29 is 0 Å². The summed E-state index contributed by atoms with van der Waals surface area (Å²) in [6, 6.07) is 12.0. The maximum Gasteiger partial charge on any atom is 0.131 e. The lowest BCUT2D eigenvalue weighted by Crippen LogP contribution is -2.41. The van der Waals surface area contributed by atoms with Crippen molar-refractivity contribution in [1.82, 2.24) is 9.80 Å². The zero-order valence-corrected chi connectivity index (χ0v) is 13.5. The molecule has 0 saturated carbocycles. The van der Waals surface area contributed by atoms with Crippen LogP contribution in [0.5, 0.6) is 0 Å². The summed E-state index contributed by atoms with van der Waals surface area (Å²) in [5.41, 5.74) is 6.32. The second-order valence-corrected chi connectivity index (χ2v) is 5.84. The molecule has 1 rings (SSSR count). The van der Waals surface area contributed by atoms with Crippen molar-refractivity contribution in [3.8, 4) is 6.07 Å². The van der Waals surface area contributed by atoms with E-state index in [4.69, 9.17) is 5.73 Å². The first-order valence-corrected chi connectivity index (χ1v) is 7.64. The SMILES string of the molecule is CCCN(CCN(C)C)CCC(N)(C#N)c1ccccc1. The molecule has 0 aliphatic carbocycles. The van der Waals surface area contributed by atoms with Gasteiger partial charge in [-0.3, -0.25) is 0 Å². The highest BCUT2D eigenvalue weighted by Gasteiger charge is 2.27. The van der Waals surface area contributed by atoms with Crippen molar-refractivity contribution in [2.24, 2.45) is 5.73 Å². The zero-order valence-electron chi connectivity index (χ0n) is 13.5. The minimum Gasteiger partial charge on any atom is -0.310 e. The lowest BCUT2D eigenvalue weighted by Gasteiger charge is -2.28. The molecule has 0 aliphatic rings. The van der Waals surface area contributed by atoms with Gasteiger partial charge in [0.25, 0.3) is 0 Å². The molecular formula is C17H28N4. The average molecular weight is 288 g/mol. The number of hydrogen-bond acceptors (Lipinski definition) is 4. The van der Waals surface area contributed by atoms with Crippen LogP contribution in [0.3, 0.4) is 0 Å². The van der Waals surface area contributed by atoms with Crippen LogP contribution in [0.1, 0.15) is 25.3 Å². The summed E-state index contributed by atoms with van der Waals surface area (Å²) in [5, 5.41) is 9.50. The third-order valence-electron chi connectivity index (χ3n) is 3.71. The molecule has 0 heterocycles. The molecule has 0 spiro atoms. The highest BCUT2D eigenvalue weighted by atomic mass is 15.2. The van der Waals surface area contributed by atoms with Gasteiger partial charge in [-0.2, -0.15) is 5.26 Å². The summed E-state index contributed by atoms with van der Waals surface area (Å²) in [7, 11) is 4.16. The number of rotatable bonds is 9. The number of nitrogens with two attached hydrogens (primary N) is 1. The van der Waals surface area contributed by atoms with E-state index in [0.717, 1.165) is 38.2 Å². The van der Waals surface area contributed by atoms with Crippen molar-refractivity contribution in [2.45, 2.75) is 25.3 Å². The summed E-state index contributed by atoms with van der Waals surface area (Å²) in [4.78, 5) is 4.57. The highest BCUT2D eigenvalue weighted by molar-refractivity contribution is 5.30. The van der Waals surface area contributed by atoms with E-state index in [2.05, 4.69) is 36.9 Å².